The third kappa shape index (κ3) is 2.96. The Hall–Kier alpha value is -2.37. The fourth-order valence-corrected chi connectivity index (χ4v) is 2.09. The normalized spacial score (nSPS) is 10.3. The molecule has 0 saturated carbocycles. The highest BCUT2D eigenvalue weighted by Gasteiger charge is 2.12. The average Bonchev–Trinajstić information content (AvgIpc) is 2.84. The molecule has 0 aliphatic rings. The monoisotopic (exact) mass is 273 g/mol. The summed E-state index contributed by atoms with van der Waals surface area (Å²) in [6, 6.07) is 1.70. The Balaban J connectivity index is 2.08. The van der Waals surface area contributed by atoms with E-state index < -0.39 is 0 Å². The van der Waals surface area contributed by atoms with Crippen molar-refractivity contribution < 1.29 is 4.79 Å². The molecule has 0 aromatic carbocycles. The van der Waals surface area contributed by atoms with Crippen LogP contribution in [0.2, 0.25) is 0 Å². The minimum Gasteiger partial charge on any atom is -0.386 e. The Morgan fingerprint density at radius 3 is 2.95 bits per heavy atom. The lowest BCUT2D eigenvalue weighted by molar-refractivity contribution is 0.0951. The molecule has 2 heterocycles. The van der Waals surface area contributed by atoms with Crippen molar-refractivity contribution in [2.24, 2.45) is 7.05 Å². The lowest BCUT2D eigenvalue weighted by Gasteiger charge is -2.09. The van der Waals surface area contributed by atoms with Gasteiger partial charge >= 0.3 is 0 Å². The molecule has 0 unspecified atom stereocenters. The largest absolute Gasteiger partial charge is 0.386 e. The summed E-state index contributed by atoms with van der Waals surface area (Å²) in [5, 5.41) is 10.2. The van der Waals surface area contributed by atoms with E-state index in [1.165, 1.54) is 0 Å². The van der Waals surface area contributed by atoms with Crippen LogP contribution in [0.5, 0.6) is 0 Å². The summed E-state index contributed by atoms with van der Waals surface area (Å²) in [7, 11) is 3.65. The van der Waals surface area contributed by atoms with Crippen molar-refractivity contribution in [1.29, 1.82) is 0 Å². The van der Waals surface area contributed by atoms with Crippen LogP contribution in [0.4, 0.5) is 5.69 Å². The van der Waals surface area contributed by atoms with Crippen LogP contribution in [0, 0.1) is 0 Å². The molecule has 6 heteroatoms. The first-order valence-corrected chi connectivity index (χ1v) is 6.57. The number of hydrogen-bond donors (Lipinski definition) is 2. The zero-order valence-electron chi connectivity index (χ0n) is 12.0. The number of carbonyl (C=O) groups excluding carboxylic acids is 1. The molecule has 2 rings (SSSR count). The van der Waals surface area contributed by atoms with Gasteiger partial charge in [-0.05, 0) is 12.5 Å². The molecule has 6 nitrogen and oxygen atoms in total. The Labute approximate surface area is 118 Å². The topological polar surface area (TPSA) is 71.8 Å². The van der Waals surface area contributed by atoms with E-state index in [9.17, 15) is 4.79 Å². The molecule has 20 heavy (non-hydrogen) atoms. The standard InChI is InChI=1S/C14H19N5O/c1-4-12-10(9-19(3)18-12)7-17-14(20)11-5-6-16-8-13(11)15-2/h5-6,8-9,15H,4,7H2,1-3H3,(H,17,20). The van der Waals surface area contributed by atoms with Gasteiger partial charge in [-0.2, -0.15) is 5.10 Å². The van der Waals surface area contributed by atoms with Crippen LogP contribution in [0.3, 0.4) is 0 Å². The van der Waals surface area contributed by atoms with Crippen LogP contribution in [-0.2, 0) is 20.0 Å². The number of rotatable bonds is 5. The van der Waals surface area contributed by atoms with Gasteiger partial charge in [-0.15, -0.1) is 0 Å². The first-order valence-electron chi connectivity index (χ1n) is 6.57. The summed E-state index contributed by atoms with van der Waals surface area (Å²) in [5.41, 5.74) is 3.36. The van der Waals surface area contributed by atoms with Crippen LogP contribution < -0.4 is 10.6 Å². The summed E-state index contributed by atoms with van der Waals surface area (Å²) in [5.74, 6) is -0.123. The van der Waals surface area contributed by atoms with Crippen LogP contribution >= 0.6 is 0 Å². The zero-order valence-corrected chi connectivity index (χ0v) is 12.0. The molecular formula is C14H19N5O. The highest BCUT2D eigenvalue weighted by molar-refractivity contribution is 5.99. The lowest BCUT2D eigenvalue weighted by Crippen LogP contribution is -2.24. The summed E-state index contributed by atoms with van der Waals surface area (Å²) < 4.78 is 1.77. The number of aromatic nitrogens is 3. The highest BCUT2D eigenvalue weighted by Crippen LogP contribution is 2.13. The van der Waals surface area contributed by atoms with Crippen molar-refractivity contribution in [1.82, 2.24) is 20.1 Å². The van der Waals surface area contributed by atoms with Gasteiger partial charge in [0.15, 0.2) is 0 Å². The molecule has 0 radical (unpaired) electrons. The SMILES string of the molecule is CCc1nn(C)cc1CNC(=O)c1ccncc1NC. The minimum absolute atomic E-state index is 0.123. The quantitative estimate of drug-likeness (QED) is 0.862. The van der Waals surface area contributed by atoms with Crippen molar-refractivity contribution in [3.05, 3.63) is 41.5 Å². The molecule has 1 amide bonds. The van der Waals surface area contributed by atoms with Crippen LogP contribution in [0.15, 0.2) is 24.7 Å². The van der Waals surface area contributed by atoms with Crippen LogP contribution in [0.1, 0.15) is 28.5 Å². The van der Waals surface area contributed by atoms with Crippen molar-refractivity contribution in [3.8, 4) is 0 Å². The minimum atomic E-state index is -0.123. The maximum Gasteiger partial charge on any atom is 0.253 e. The number of aryl methyl sites for hydroxylation is 2. The third-order valence-electron chi connectivity index (χ3n) is 3.10. The predicted molar refractivity (Wildman–Crippen MR) is 77.5 cm³/mol. The summed E-state index contributed by atoms with van der Waals surface area (Å²) in [4.78, 5) is 16.2. The van der Waals surface area contributed by atoms with Gasteiger partial charge in [0.2, 0.25) is 0 Å². The van der Waals surface area contributed by atoms with Gasteiger partial charge in [-0.1, -0.05) is 6.92 Å². The Kier molecular flexibility index (Phi) is 4.34. The predicted octanol–water partition coefficient (Wildman–Crippen LogP) is 1.35. The molecule has 0 spiro atoms. The van der Waals surface area contributed by atoms with Gasteiger partial charge in [0.1, 0.15) is 0 Å². The third-order valence-corrected chi connectivity index (χ3v) is 3.10. The summed E-state index contributed by atoms with van der Waals surface area (Å²) in [6.45, 7) is 2.52. The van der Waals surface area contributed by atoms with Crippen LogP contribution in [0.25, 0.3) is 0 Å². The fourth-order valence-electron chi connectivity index (χ4n) is 2.09. The highest BCUT2D eigenvalue weighted by atomic mass is 16.1. The number of nitrogens with one attached hydrogen (secondary N) is 2. The molecule has 0 saturated heterocycles. The molecule has 0 bridgehead atoms. The number of hydrogen-bond acceptors (Lipinski definition) is 4. The number of amides is 1. The number of pyridine rings is 1. The molecule has 0 aliphatic heterocycles. The van der Waals surface area contributed by atoms with Crippen molar-refractivity contribution >= 4 is 11.6 Å². The second-order valence-corrected chi connectivity index (χ2v) is 4.48. The molecular weight excluding hydrogens is 254 g/mol. The van der Waals surface area contributed by atoms with Gasteiger partial charge in [-0.3, -0.25) is 14.5 Å². The molecule has 106 valence electrons. The zero-order chi connectivity index (χ0) is 14.5. The molecule has 2 N–H and O–H groups in total. The van der Waals surface area contributed by atoms with Crippen molar-refractivity contribution in [2.45, 2.75) is 19.9 Å². The molecule has 2 aromatic rings. The lowest BCUT2D eigenvalue weighted by atomic mass is 10.2. The first kappa shape index (κ1) is 14.0. The van der Waals surface area contributed by atoms with E-state index in [-0.39, 0.29) is 5.91 Å². The summed E-state index contributed by atoms with van der Waals surface area (Å²) in [6.07, 6.45) is 6.03. The van der Waals surface area contributed by atoms with E-state index >= 15 is 0 Å². The smallest absolute Gasteiger partial charge is 0.253 e. The first-order chi connectivity index (χ1) is 9.65. The van der Waals surface area contributed by atoms with E-state index in [0.717, 1.165) is 17.7 Å². The second-order valence-electron chi connectivity index (χ2n) is 4.48. The molecule has 0 fully saturated rings. The van der Waals surface area contributed by atoms with E-state index in [4.69, 9.17) is 0 Å². The maximum atomic E-state index is 12.2. The van der Waals surface area contributed by atoms with Gasteiger partial charge in [-0.25, -0.2) is 0 Å². The van der Waals surface area contributed by atoms with E-state index in [0.29, 0.717) is 17.8 Å². The van der Waals surface area contributed by atoms with E-state index in [1.807, 2.05) is 13.2 Å². The number of nitrogens with zero attached hydrogens (tertiary/aromatic N) is 3. The van der Waals surface area contributed by atoms with Gasteiger partial charge in [0, 0.05) is 38.6 Å². The second kappa shape index (κ2) is 6.18. The van der Waals surface area contributed by atoms with Crippen molar-refractivity contribution in [3.63, 3.8) is 0 Å². The number of anilines is 1. The van der Waals surface area contributed by atoms with Gasteiger partial charge in [0.25, 0.3) is 5.91 Å². The van der Waals surface area contributed by atoms with Crippen LogP contribution in [-0.4, -0.2) is 27.7 Å². The Morgan fingerprint density at radius 1 is 1.45 bits per heavy atom. The fraction of sp³-hybridized carbons (Fsp3) is 0.357. The Bertz CT molecular complexity index is 605. The van der Waals surface area contributed by atoms with E-state index in [1.54, 1.807) is 30.2 Å². The Morgan fingerprint density at radius 2 is 2.25 bits per heavy atom. The van der Waals surface area contributed by atoms with Gasteiger partial charge in [0.05, 0.1) is 23.1 Å². The molecule has 0 atom stereocenters. The molecule has 2 aromatic heterocycles. The summed E-state index contributed by atoms with van der Waals surface area (Å²) >= 11 is 0. The van der Waals surface area contributed by atoms with Crippen molar-refractivity contribution in [2.75, 3.05) is 12.4 Å². The van der Waals surface area contributed by atoms with Gasteiger partial charge < -0.3 is 10.6 Å². The van der Waals surface area contributed by atoms with E-state index in [2.05, 4.69) is 27.6 Å². The number of carbonyl (C=O) groups is 1. The average molecular weight is 273 g/mol. The molecule has 0 aliphatic carbocycles. The maximum absolute atomic E-state index is 12.2.